The first kappa shape index (κ1) is 20.2. The number of carbonyl (C=O) groups is 2. The molecule has 8 heteroatoms. The predicted molar refractivity (Wildman–Crippen MR) is 104 cm³/mol. The molecule has 0 bridgehead atoms. The summed E-state index contributed by atoms with van der Waals surface area (Å²) in [5, 5.41) is 4.10. The van der Waals surface area contributed by atoms with E-state index in [9.17, 15) is 14.0 Å². The first-order chi connectivity index (χ1) is 14.0. The maximum atomic E-state index is 13.1. The average molecular weight is 396 g/mol. The minimum Gasteiger partial charge on any atom is -0.450 e. The van der Waals surface area contributed by atoms with Gasteiger partial charge in [-0.3, -0.25) is 4.79 Å². The second-order valence-corrected chi connectivity index (χ2v) is 6.34. The molecule has 1 amide bonds. The predicted octanol–water partition coefficient (Wildman–Crippen LogP) is 2.92. The molecule has 3 aromatic rings. The SMILES string of the molecule is CCN(Cc1ccccc1)C(=O)COC(=O)c1nc(C)n(-c2ccc(F)cc2)n1. The first-order valence-electron chi connectivity index (χ1n) is 9.16. The van der Waals surface area contributed by atoms with Gasteiger partial charge in [0.1, 0.15) is 11.6 Å². The topological polar surface area (TPSA) is 77.3 Å². The minimum atomic E-state index is -0.793. The average Bonchev–Trinajstić information content (AvgIpc) is 3.13. The lowest BCUT2D eigenvalue weighted by atomic mass is 10.2. The van der Waals surface area contributed by atoms with Crippen molar-refractivity contribution in [3.8, 4) is 5.69 Å². The summed E-state index contributed by atoms with van der Waals surface area (Å²) >= 11 is 0. The van der Waals surface area contributed by atoms with E-state index < -0.39 is 12.6 Å². The highest BCUT2D eigenvalue weighted by Crippen LogP contribution is 2.11. The Balaban J connectivity index is 1.62. The van der Waals surface area contributed by atoms with E-state index in [1.54, 1.807) is 11.8 Å². The smallest absolute Gasteiger partial charge is 0.378 e. The van der Waals surface area contributed by atoms with Crippen LogP contribution in [0.4, 0.5) is 4.39 Å². The summed E-state index contributed by atoms with van der Waals surface area (Å²) in [6, 6.07) is 15.2. The van der Waals surface area contributed by atoms with Crippen LogP contribution in [-0.2, 0) is 16.1 Å². The van der Waals surface area contributed by atoms with Gasteiger partial charge in [-0.25, -0.2) is 18.9 Å². The van der Waals surface area contributed by atoms with E-state index in [4.69, 9.17) is 4.74 Å². The Hall–Kier alpha value is -3.55. The molecule has 0 spiro atoms. The van der Waals surface area contributed by atoms with Gasteiger partial charge in [0.05, 0.1) is 5.69 Å². The van der Waals surface area contributed by atoms with Crippen LogP contribution in [0.3, 0.4) is 0 Å². The lowest BCUT2D eigenvalue weighted by Gasteiger charge is -2.20. The van der Waals surface area contributed by atoms with Gasteiger partial charge in [0.2, 0.25) is 0 Å². The summed E-state index contributed by atoms with van der Waals surface area (Å²) in [6.45, 7) is 4.05. The van der Waals surface area contributed by atoms with Crippen LogP contribution in [0.1, 0.15) is 28.9 Å². The van der Waals surface area contributed by atoms with Crippen molar-refractivity contribution in [3.63, 3.8) is 0 Å². The number of benzene rings is 2. The Morgan fingerprint density at radius 2 is 1.79 bits per heavy atom. The molecule has 0 unspecified atom stereocenters. The number of carbonyl (C=O) groups excluding carboxylic acids is 2. The molecule has 7 nitrogen and oxygen atoms in total. The Morgan fingerprint density at radius 3 is 2.45 bits per heavy atom. The van der Waals surface area contributed by atoms with Crippen LogP contribution in [0.15, 0.2) is 54.6 Å². The largest absolute Gasteiger partial charge is 0.450 e. The minimum absolute atomic E-state index is 0.161. The summed E-state index contributed by atoms with van der Waals surface area (Å²) in [6.07, 6.45) is 0. The van der Waals surface area contributed by atoms with Crippen LogP contribution in [0.2, 0.25) is 0 Å². The lowest BCUT2D eigenvalue weighted by molar-refractivity contribution is -0.135. The highest BCUT2D eigenvalue weighted by Gasteiger charge is 2.20. The number of likely N-dealkylation sites (N-methyl/N-ethyl adjacent to an activating group) is 1. The molecule has 29 heavy (non-hydrogen) atoms. The van der Waals surface area contributed by atoms with Crippen LogP contribution in [-0.4, -0.2) is 44.7 Å². The van der Waals surface area contributed by atoms with Gasteiger partial charge in [-0.05, 0) is 43.7 Å². The fourth-order valence-electron chi connectivity index (χ4n) is 2.77. The van der Waals surface area contributed by atoms with E-state index in [2.05, 4.69) is 10.1 Å². The molecule has 1 heterocycles. The Kier molecular flexibility index (Phi) is 6.33. The second kappa shape index (κ2) is 9.09. The first-order valence-corrected chi connectivity index (χ1v) is 9.16. The summed E-state index contributed by atoms with van der Waals surface area (Å²) in [5.41, 5.74) is 1.55. The molecule has 0 aliphatic heterocycles. The number of esters is 1. The van der Waals surface area contributed by atoms with Gasteiger partial charge in [0.15, 0.2) is 6.61 Å². The fraction of sp³-hybridized carbons (Fsp3) is 0.238. The van der Waals surface area contributed by atoms with Crippen molar-refractivity contribution in [2.45, 2.75) is 20.4 Å². The number of hydrogen-bond donors (Lipinski definition) is 0. The molecule has 2 aromatic carbocycles. The number of nitrogens with zero attached hydrogens (tertiary/aromatic N) is 4. The van der Waals surface area contributed by atoms with Crippen molar-refractivity contribution in [2.24, 2.45) is 0 Å². The molecule has 3 rings (SSSR count). The number of ether oxygens (including phenoxy) is 1. The van der Waals surface area contributed by atoms with Crippen molar-refractivity contribution in [1.82, 2.24) is 19.7 Å². The molecule has 0 aliphatic carbocycles. The van der Waals surface area contributed by atoms with E-state index >= 15 is 0 Å². The van der Waals surface area contributed by atoms with Gasteiger partial charge in [-0.1, -0.05) is 30.3 Å². The number of aromatic nitrogens is 3. The fourth-order valence-corrected chi connectivity index (χ4v) is 2.77. The number of aryl methyl sites for hydroxylation is 1. The number of halogens is 1. The van der Waals surface area contributed by atoms with Gasteiger partial charge in [0.25, 0.3) is 11.7 Å². The molecule has 0 saturated carbocycles. The van der Waals surface area contributed by atoms with Crippen LogP contribution in [0.5, 0.6) is 0 Å². The van der Waals surface area contributed by atoms with E-state index in [0.29, 0.717) is 24.6 Å². The number of hydrogen-bond acceptors (Lipinski definition) is 5. The molecule has 0 atom stereocenters. The van der Waals surface area contributed by atoms with E-state index in [0.717, 1.165) is 5.56 Å². The monoisotopic (exact) mass is 396 g/mol. The zero-order valence-corrected chi connectivity index (χ0v) is 16.2. The molecule has 0 saturated heterocycles. The van der Waals surface area contributed by atoms with Crippen molar-refractivity contribution >= 4 is 11.9 Å². The van der Waals surface area contributed by atoms with Gasteiger partial charge in [0, 0.05) is 13.1 Å². The van der Waals surface area contributed by atoms with Gasteiger partial charge >= 0.3 is 5.97 Å². The Morgan fingerprint density at radius 1 is 1.10 bits per heavy atom. The van der Waals surface area contributed by atoms with Crippen LogP contribution in [0.25, 0.3) is 5.69 Å². The second-order valence-electron chi connectivity index (χ2n) is 6.34. The van der Waals surface area contributed by atoms with Gasteiger partial charge in [-0.15, -0.1) is 5.10 Å². The standard InChI is InChI=1S/C21H21FN4O3/c1-3-25(13-16-7-5-4-6-8-16)19(27)14-29-21(28)20-23-15(2)26(24-20)18-11-9-17(22)10-12-18/h4-12H,3,13-14H2,1-2H3. The molecule has 1 aromatic heterocycles. The summed E-state index contributed by atoms with van der Waals surface area (Å²) in [4.78, 5) is 30.4. The summed E-state index contributed by atoms with van der Waals surface area (Å²) < 4.78 is 19.6. The molecule has 150 valence electrons. The number of amides is 1. The lowest BCUT2D eigenvalue weighted by Crippen LogP contribution is -2.34. The Labute approximate surface area is 167 Å². The molecule has 0 fully saturated rings. The molecular formula is C21H21FN4O3. The molecule has 0 aliphatic rings. The van der Waals surface area contributed by atoms with Crippen LogP contribution >= 0.6 is 0 Å². The van der Waals surface area contributed by atoms with Crippen molar-refractivity contribution in [2.75, 3.05) is 13.2 Å². The Bertz CT molecular complexity index is 987. The zero-order valence-electron chi connectivity index (χ0n) is 16.2. The van der Waals surface area contributed by atoms with E-state index in [-0.39, 0.29) is 17.5 Å². The van der Waals surface area contributed by atoms with Gasteiger partial charge in [-0.2, -0.15) is 0 Å². The molecule has 0 radical (unpaired) electrons. The van der Waals surface area contributed by atoms with Crippen molar-refractivity contribution in [1.29, 1.82) is 0 Å². The summed E-state index contributed by atoms with van der Waals surface area (Å²) in [7, 11) is 0. The normalized spacial score (nSPS) is 10.6. The third-order valence-electron chi connectivity index (χ3n) is 4.30. The maximum Gasteiger partial charge on any atom is 0.378 e. The third-order valence-corrected chi connectivity index (χ3v) is 4.30. The zero-order chi connectivity index (χ0) is 20.8. The van der Waals surface area contributed by atoms with E-state index in [1.165, 1.54) is 28.9 Å². The molecular weight excluding hydrogens is 375 g/mol. The van der Waals surface area contributed by atoms with Crippen LogP contribution < -0.4 is 0 Å². The van der Waals surface area contributed by atoms with Crippen molar-refractivity contribution in [3.05, 3.63) is 77.6 Å². The van der Waals surface area contributed by atoms with Crippen LogP contribution in [0, 0.1) is 12.7 Å². The highest BCUT2D eigenvalue weighted by atomic mass is 19.1. The van der Waals surface area contributed by atoms with Crippen molar-refractivity contribution < 1.29 is 18.7 Å². The quantitative estimate of drug-likeness (QED) is 0.574. The van der Waals surface area contributed by atoms with Gasteiger partial charge < -0.3 is 9.64 Å². The summed E-state index contributed by atoms with van der Waals surface area (Å²) in [5.74, 6) is -1.20. The maximum absolute atomic E-state index is 13.1. The highest BCUT2D eigenvalue weighted by molar-refractivity contribution is 5.88. The third kappa shape index (κ3) is 5.04. The number of rotatable bonds is 7. The molecule has 0 N–H and O–H groups in total. The van der Waals surface area contributed by atoms with E-state index in [1.807, 2.05) is 37.3 Å².